The first-order chi connectivity index (χ1) is 13.2. The molecule has 140 valence electrons. The summed E-state index contributed by atoms with van der Waals surface area (Å²) in [5.74, 6) is 1.68. The number of hydrazone groups is 1. The van der Waals surface area contributed by atoms with Crippen LogP contribution in [0.4, 0.5) is 5.82 Å². The fraction of sp³-hybridized carbons (Fsp3) is 0.389. The third kappa shape index (κ3) is 3.97. The van der Waals surface area contributed by atoms with Crippen LogP contribution in [0, 0.1) is 6.92 Å². The zero-order valence-electron chi connectivity index (χ0n) is 15.1. The molecule has 0 spiro atoms. The van der Waals surface area contributed by atoms with Gasteiger partial charge in [0, 0.05) is 51.2 Å². The Bertz CT molecular complexity index is 850. The summed E-state index contributed by atoms with van der Waals surface area (Å²) < 4.78 is 5.68. The molecule has 0 saturated carbocycles. The van der Waals surface area contributed by atoms with Gasteiger partial charge in [0.15, 0.2) is 5.11 Å². The Hall–Kier alpha value is -2.81. The van der Waals surface area contributed by atoms with Crippen LogP contribution in [-0.2, 0) is 0 Å². The first-order valence-corrected chi connectivity index (χ1v) is 9.34. The van der Waals surface area contributed by atoms with Crippen LogP contribution in [-0.4, -0.2) is 63.5 Å². The number of hydrogen-bond acceptors (Lipinski definition) is 7. The standard InChI is InChI=1S/C18H21N7OS/c1-13-10-15-17(21-11-13)14(2-9-26-15)22-23-18(27)25-7-5-24(6-8-25)16-12-19-3-4-20-16/h3-4,10-12H,2,5-9H2,1H3,(H,23,27)/b22-14-. The molecule has 27 heavy (non-hydrogen) atoms. The van der Waals surface area contributed by atoms with Crippen LogP contribution in [0.1, 0.15) is 17.7 Å². The van der Waals surface area contributed by atoms with Gasteiger partial charge in [0.1, 0.15) is 17.3 Å². The third-order valence-corrected chi connectivity index (χ3v) is 4.94. The molecular formula is C18H21N7OS. The maximum absolute atomic E-state index is 5.68. The highest BCUT2D eigenvalue weighted by Crippen LogP contribution is 2.23. The van der Waals surface area contributed by atoms with Crippen molar-refractivity contribution in [2.75, 3.05) is 37.7 Å². The largest absolute Gasteiger partial charge is 0.491 e. The Morgan fingerprint density at radius 1 is 1.19 bits per heavy atom. The van der Waals surface area contributed by atoms with Gasteiger partial charge in [-0.25, -0.2) is 4.98 Å². The number of aryl methyl sites for hydroxylation is 1. The van der Waals surface area contributed by atoms with Crippen molar-refractivity contribution in [2.45, 2.75) is 13.3 Å². The van der Waals surface area contributed by atoms with E-state index in [1.54, 1.807) is 18.6 Å². The van der Waals surface area contributed by atoms with Crippen molar-refractivity contribution in [2.24, 2.45) is 5.10 Å². The number of piperazine rings is 1. The topological polar surface area (TPSA) is 78.8 Å². The molecule has 2 aliphatic heterocycles. The predicted molar refractivity (Wildman–Crippen MR) is 107 cm³/mol. The van der Waals surface area contributed by atoms with E-state index in [2.05, 4.69) is 35.3 Å². The van der Waals surface area contributed by atoms with Crippen LogP contribution in [0.3, 0.4) is 0 Å². The van der Waals surface area contributed by atoms with Crippen molar-refractivity contribution in [3.63, 3.8) is 0 Å². The Morgan fingerprint density at radius 2 is 2.04 bits per heavy atom. The van der Waals surface area contributed by atoms with Gasteiger partial charge in [-0.1, -0.05) is 0 Å². The molecule has 1 N–H and O–H groups in total. The number of nitrogens with zero attached hydrogens (tertiary/aromatic N) is 6. The number of hydrogen-bond donors (Lipinski definition) is 1. The number of anilines is 1. The molecule has 0 atom stereocenters. The normalized spacial score (nSPS) is 18.0. The lowest BCUT2D eigenvalue weighted by Gasteiger charge is -2.36. The molecule has 9 heteroatoms. The SMILES string of the molecule is Cc1cnc2c(c1)OCC/C2=N/NC(=S)N1CCN(c2cnccn2)CC1. The van der Waals surface area contributed by atoms with E-state index >= 15 is 0 Å². The maximum Gasteiger partial charge on any atom is 0.189 e. The second-order valence-corrected chi connectivity index (χ2v) is 6.86. The summed E-state index contributed by atoms with van der Waals surface area (Å²) in [6.07, 6.45) is 7.72. The highest BCUT2D eigenvalue weighted by atomic mass is 32.1. The minimum absolute atomic E-state index is 0.599. The molecule has 0 amide bonds. The van der Waals surface area contributed by atoms with Gasteiger partial charge in [0.25, 0.3) is 0 Å². The van der Waals surface area contributed by atoms with Gasteiger partial charge in [-0.2, -0.15) is 5.10 Å². The summed E-state index contributed by atoms with van der Waals surface area (Å²) in [5, 5.41) is 5.14. The molecule has 0 radical (unpaired) electrons. The highest BCUT2D eigenvalue weighted by Gasteiger charge is 2.21. The Morgan fingerprint density at radius 3 is 2.81 bits per heavy atom. The zero-order chi connectivity index (χ0) is 18.6. The number of ether oxygens (including phenoxy) is 1. The van der Waals surface area contributed by atoms with Gasteiger partial charge in [-0.3, -0.25) is 15.4 Å². The minimum Gasteiger partial charge on any atom is -0.491 e. The Kier molecular flexibility index (Phi) is 5.10. The number of pyridine rings is 1. The number of fused-ring (bicyclic) bond motifs is 1. The Balaban J connectivity index is 1.36. The predicted octanol–water partition coefficient (Wildman–Crippen LogP) is 1.36. The van der Waals surface area contributed by atoms with Crippen LogP contribution in [0.5, 0.6) is 5.75 Å². The Labute approximate surface area is 163 Å². The van der Waals surface area contributed by atoms with Gasteiger partial charge < -0.3 is 14.5 Å². The summed E-state index contributed by atoms with van der Waals surface area (Å²) in [6, 6.07) is 1.99. The lowest BCUT2D eigenvalue weighted by molar-refractivity contribution is 0.317. The number of rotatable bonds is 2. The second-order valence-electron chi connectivity index (χ2n) is 6.47. The molecule has 0 unspecified atom stereocenters. The molecule has 0 aliphatic carbocycles. The van der Waals surface area contributed by atoms with E-state index in [0.717, 1.165) is 54.7 Å². The van der Waals surface area contributed by atoms with Crippen LogP contribution < -0.4 is 15.1 Å². The molecule has 4 heterocycles. The molecule has 2 aromatic heterocycles. The summed E-state index contributed by atoms with van der Waals surface area (Å²) >= 11 is 5.53. The van der Waals surface area contributed by atoms with Gasteiger partial charge in [0.2, 0.25) is 0 Å². The molecular weight excluding hydrogens is 362 g/mol. The first kappa shape index (κ1) is 17.6. The van der Waals surface area contributed by atoms with Crippen molar-refractivity contribution in [1.29, 1.82) is 0 Å². The van der Waals surface area contributed by atoms with Crippen LogP contribution in [0.15, 0.2) is 36.0 Å². The molecule has 0 aromatic carbocycles. The molecule has 2 aliphatic rings. The van der Waals surface area contributed by atoms with E-state index < -0.39 is 0 Å². The fourth-order valence-electron chi connectivity index (χ4n) is 3.13. The van der Waals surface area contributed by atoms with E-state index in [1.165, 1.54) is 0 Å². The zero-order valence-corrected chi connectivity index (χ0v) is 15.9. The minimum atomic E-state index is 0.599. The molecule has 2 aromatic rings. The van der Waals surface area contributed by atoms with Crippen molar-refractivity contribution in [1.82, 2.24) is 25.3 Å². The smallest absolute Gasteiger partial charge is 0.189 e. The van der Waals surface area contributed by atoms with E-state index in [-0.39, 0.29) is 0 Å². The first-order valence-electron chi connectivity index (χ1n) is 8.93. The van der Waals surface area contributed by atoms with Crippen molar-refractivity contribution >= 4 is 28.9 Å². The van der Waals surface area contributed by atoms with E-state index in [0.29, 0.717) is 18.1 Å². The number of nitrogens with one attached hydrogen (secondary N) is 1. The quantitative estimate of drug-likeness (QED) is 0.615. The molecule has 0 bridgehead atoms. The number of aromatic nitrogens is 3. The van der Waals surface area contributed by atoms with Crippen LogP contribution in [0.25, 0.3) is 0 Å². The summed E-state index contributed by atoms with van der Waals surface area (Å²) in [5.41, 5.74) is 5.76. The average molecular weight is 383 g/mol. The number of thiocarbonyl (C=S) groups is 1. The van der Waals surface area contributed by atoms with E-state index in [1.807, 2.05) is 19.2 Å². The van der Waals surface area contributed by atoms with Crippen molar-refractivity contribution < 1.29 is 4.74 Å². The molecule has 8 nitrogen and oxygen atoms in total. The third-order valence-electron chi connectivity index (χ3n) is 4.59. The molecule has 1 saturated heterocycles. The summed E-state index contributed by atoms with van der Waals surface area (Å²) in [6.45, 7) is 5.90. The van der Waals surface area contributed by atoms with Crippen molar-refractivity contribution in [3.8, 4) is 5.75 Å². The van der Waals surface area contributed by atoms with Crippen LogP contribution in [0.2, 0.25) is 0 Å². The van der Waals surface area contributed by atoms with Crippen molar-refractivity contribution in [3.05, 3.63) is 42.1 Å². The van der Waals surface area contributed by atoms with E-state index in [9.17, 15) is 0 Å². The van der Waals surface area contributed by atoms with Gasteiger partial charge in [-0.05, 0) is 30.8 Å². The van der Waals surface area contributed by atoms with Crippen LogP contribution >= 0.6 is 12.2 Å². The summed E-state index contributed by atoms with van der Waals surface area (Å²) in [4.78, 5) is 17.3. The van der Waals surface area contributed by atoms with E-state index in [4.69, 9.17) is 17.0 Å². The van der Waals surface area contributed by atoms with Gasteiger partial charge in [-0.15, -0.1) is 0 Å². The van der Waals surface area contributed by atoms with Gasteiger partial charge >= 0.3 is 0 Å². The fourth-order valence-corrected chi connectivity index (χ4v) is 3.36. The van der Waals surface area contributed by atoms with Gasteiger partial charge in [0.05, 0.1) is 18.5 Å². The monoisotopic (exact) mass is 383 g/mol. The lowest BCUT2D eigenvalue weighted by atomic mass is 10.1. The average Bonchev–Trinajstić information content (AvgIpc) is 2.72. The molecule has 1 fully saturated rings. The molecule has 4 rings (SSSR count). The summed E-state index contributed by atoms with van der Waals surface area (Å²) in [7, 11) is 0. The highest BCUT2D eigenvalue weighted by molar-refractivity contribution is 7.80. The second kappa shape index (κ2) is 7.83. The lowest BCUT2D eigenvalue weighted by Crippen LogP contribution is -2.51. The maximum atomic E-state index is 5.68.